The first kappa shape index (κ1) is 17.2. The average Bonchev–Trinajstić information content (AvgIpc) is 2.80. The lowest BCUT2D eigenvalue weighted by Crippen LogP contribution is -2.36. The zero-order chi connectivity index (χ0) is 18.1. The molecule has 0 spiro atoms. The fraction of sp³-hybridized carbons (Fsp3) is 0.400. The van der Waals surface area contributed by atoms with Gasteiger partial charge >= 0.3 is 0 Å². The lowest BCUT2D eigenvalue weighted by molar-refractivity contribution is 0.122. The molecule has 6 heteroatoms. The van der Waals surface area contributed by atoms with Crippen molar-refractivity contribution in [1.82, 2.24) is 4.90 Å². The van der Waals surface area contributed by atoms with Crippen molar-refractivity contribution >= 4 is 17.1 Å². The van der Waals surface area contributed by atoms with Gasteiger partial charge in [0.15, 0.2) is 0 Å². The third-order valence-electron chi connectivity index (χ3n) is 5.08. The second-order valence-electron chi connectivity index (χ2n) is 6.90. The molecule has 4 rings (SSSR count). The van der Waals surface area contributed by atoms with Crippen LogP contribution in [0.2, 0.25) is 0 Å². The molecule has 0 radical (unpaired) electrons. The van der Waals surface area contributed by atoms with Crippen LogP contribution in [0.1, 0.15) is 5.56 Å². The highest BCUT2D eigenvalue weighted by atomic mass is 19.1. The molecule has 0 aliphatic carbocycles. The molecule has 0 aromatic heterocycles. The van der Waals surface area contributed by atoms with Crippen molar-refractivity contribution in [2.24, 2.45) is 0 Å². The predicted molar refractivity (Wildman–Crippen MR) is 99.2 cm³/mol. The van der Waals surface area contributed by atoms with Gasteiger partial charge in [0, 0.05) is 50.2 Å². The number of ether oxygens (including phenoxy) is 1. The van der Waals surface area contributed by atoms with Crippen LogP contribution in [0.5, 0.6) is 0 Å². The van der Waals surface area contributed by atoms with E-state index in [1.165, 1.54) is 17.8 Å². The third kappa shape index (κ3) is 3.39. The highest BCUT2D eigenvalue weighted by molar-refractivity contribution is 5.70. The van der Waals surface area contributed by atoms with E-state index in [4.69, 9.17) is 4.74 Å². The molecule has 2 aromatic rings. The van der Waals surface area contributed by atoms with E-state index in [9.17, 15) is 8.78 Å². The molecule has 4 nitrogen and oxygen atoms in total. The molecule has 0 N–H and O–H groups in total. The Bertz CT molecular complexity index is 793. The van der Waals surface area contributed by atoms with Crippen LogP contribution >= 0.6 is 0 Å². The predicted octanol–water partition coefficient (Wildman–Crippen LogP) is 3.38. The van der Waals surface area contributed by atoms with E-state index in [1.54, 1.807) is 0 Å². The number of morpholine rings is 1. The van der Waals surface area contributed by atoms with Crippen LogP contribution in [0.4, 0.5) is 25.8 Å². The average molecular weight is 359 g/mol. The molecule has 26 heavy (non-hydrogen) atoms. The van der Waals surface area contributed by atoms with Crippen LogP contribution in [0.3, 0.4) is 0 Å². The zero-order valence-electron chi connectivity index (χ0n) is 14.9. The Kier molecular flexibility index (Phi) is 4.78. The minimum atomic E-state index is -0.555. The van der Waals surface area contributed by atoms with Crippen molar-refractivity contribution in [2.75, 3.05) is 56.2 Å². The van der Waals surface area contributed by atoms with E-state index in [0.717, 1.165) is 56.7 Å². The van der Waals surface area contributed by atoms with Gasteiger partial charge in [-0.15, -0.1) is 0 Å². The first-order valence-electron chi connectivity index (χ1n) is 8.98. The normalized spacial score (nSPS) is 18.6. The Morgan fingerprint density at radius 3 is 2.42 bits per heavy atom. The van der Waals surface area contributed by atoms with Gasteiger partial charge < -0.3 is 19.4 Å². The molecule has 2 heterocycles. The van der Waals surface area contributed by atoms with Gasteiger partial charge in [-0.1, -0.05) is 0 Å². The number of hydrogen-bond acceptors (Lipinski definition) is 4. The molecular weight excluding hydrogens is 336 g/mol. The number of benzene rings is 2. The quantitative estimate of drug-likeness (QED) is 0.818. The number of nitrogens with zero attached hydrogens (tertiary/aromatic N) is 3. The standard InChI is InChI=1S/C20H23F2N3O/c1-23-6-7-25(20-4-2-16(21)13-18(20)22)19-5-3-17(12-15(19)14-23)24-8-10-26-11-9-24/h2-5,12-13H,6-11,14H2,1H3. The van der Waals surface area contributed by atoms with Gasteiger partial charge in [0.2, 0.25) is 0 Å². The first-order valence-corrected chi connectivity index (χ1v) is 8.98. The van der Waals surface area contributed by atoms with Gasteiger partial charge in [-0.3, -0.25) is 0 Å². The summed E-state index contributed by atoms with van der Waals surface area (Å²) < 4.78 is 33.2. The molecule has 138 valence electrons. The number of rotatable bonds is 2. The number of fused-ring (bicyclic) bond motifs is 1. The molecular formula is C20H23F2N3O. The molecule has 0 amide bonds. The van der Waals surface area contributed by atoms with Crippen LogP contribution in [0, 0.1) is 11.6 Å². The van der Waals surface area contributed by atoms with Crippen LogP contribution in [0.15, 0.2) is 36.4 Å². The van der Waals surface area contributed by atoms with Crippen LogP contribution < -0.4 is 9.80 Å². The molecule has 1 saturated heterocycles. The zero-order valence-corrected chi connectivity index (χ0v) is 14.9. The largest absolute Gasteiger partial charge is 0.378 e. The fourth-order valence-corrected chi connectivity index (χ4v) is 3.69. The van der Waals surface area contributed by atoms with Crippen molar-refractivity contribution in [2.45, 2.75) is 6.54 Å². The van der Waals surface area contributed by atoms with Crippen LogP contribution in [0.25, 0.3) is 0 Å². The molecule has 1 fully saturated rings. The second-order valence-corrected chi connectivity index (χ2v) is 6.90. The minimum Gasteiger partial charge on any atom is -0.378 e. The Morgan fingerprint density at radius 2 is 1.65 bits per heavy atom. The van der Waals surface area contributed by atoms with Crippen molar-refractivity contribution < 1.29 is 13.5 Å². The van der Waals surface area contributed by atoms with E-state index in [0.29, 0.717) is 12.2 Å². The third-order valence-corrected chi connectivity index (χ3v) is 5.08. The van der Waals surface area contributed by atoms with Crippen molar-refractivity contribution in [3.05, 3.63) is 53.6 Å². The molecule has 0 unspecified atom stereocenters. The summed E-state index contributed by atoms with van der Waals surface area (Å²) in [5.74, 6) is -1.08. The summed E-state index contributed by atoms with van der Waals surface area (Å²) in [5, 5.41) is 0. The number of anilines is 3. The molecule has 0 atom stereocenters. The van der Waals surface area contributed by atoms with Crippen molar-refractivity contribution in [3.63, 3.8) is 0 Å². The highest BCUT2D eigenvalue weighted by Gasteiger charge is 2.23. The van der Waals surface area contributed by atoms with E-state index in [2.05, 4.69) is 35.0 Å². The van der Waals surface area contributed by atoms with Gasteiger partial charge in [0.1, 0.15) is 11.6 Å². The van der Waals surface area contributed by atoms with E-state index in [-0.39, 0.29) is 0 Å². The van der Waals surface area contributed by atoms with Gasteiger partial charge in [0.25, 0.3) is 0 Å². The molecule has 0 saturated carbocycles. The number of hydrogen-bond donors (Lipinski definition) is 0. The number of likely N-dealkylation sites (N-methyl/N-ethyl adjacent to an activating group) is 1. The molecule has 2 aliphatic rings. The summed E-state index contributed by atoms with van der Waals surface area (Å²) in [6, 6.07) is 10.1. The summed E-state index contributed by atoms with van der Waals surface area (Å²) in [5.41, 5.74) is 3.72. The second kappa shape index (κ2) is 7.21. The van der Waals surface area contributed by atoms with Crippen LogP contribution in [-0.2, 0) is 11.3 Å². The van der Waals surface area contributed by atoms with Crippen molar-refractivity contribution in [3.8, 4) is 0 Å². The van der Waals surface area contributed by atoms with Gasteiger partial charge in [-0.2, -0.15) is 0 Å². The minimum absolute atomic E-state index is 0.419. The summed E-state index contributed by atoms with van der Waals surface area (Å²) >= 11 is 0. The van der Waals surface area contributed by atoms with Gasteiger partial charge in [-0.05, 0) is 42.9 Å². The lowest BCUT2D eigenvalue weighted by atomic mass is 10.1. The lowest BCUT2D eigenvalue weighted by Gasteiger charge is -2.30. The Labute approximate surface area is 152 Å². The van der Waals surface area contributed by atoms with Gasteiger partial charge in [-0.25, -0.2) is 8.78 Å². The highest BCUT2D eigenvalue weighted by Crippen LogP contribution is 2.35. The topological polar surface area (TPSA) is 19.0 Å². The van der Waals surface area contributed by atoms with Crippen LogP contribution in [-0.4, -0.2) is 51.3 Å². The summed E-state index contributed by atoms with van der Waals surface area (Å²) in [6.45, 7) is 5.50. The SMILES string of the molecule is CN1CCN(c2ccc(F)cc2F)c2ccc(N3CCOCC3)cc2C1. The molecule has 2 aromatic carbocycles. The maximum atomic E-state index is 14.4. The fourth-order valence-electron chi connectivity index (χ4n) is 3.69. The maximum Gasteiger partial charge on any atom is 0.149 e. The first-order chi connectivity index (χ1) is 12.6. The summed E-state index contributed by atoms with van der Waals surface area (Å²) in [6.07, 6.45) is 0. The molecule has 0 bridgehead atoms. The summed E-state index contributed by atoms with van der Waals surface area (Å²) in [4.78, 5) is 6.50. The smallest absolute Gasteiger partial charge is 0.149 e. The Hall–Kier alpha value is -2.18. The monoisotopic (exact) mass is 359 g/mol. The number of halogens is 2. The Morgan fingerprint density at radius 1 is 0.885 bits per heavy atom. The molecule has 2 aliphatic heterocycles. The maximum absolute atomic E-state index is 14.4. The van der Waals surface area contributed by atoms with Gasteiger partial charge in [0.05, 0.1) is 18.9 Å². The van der Waals surface area contributed by atoms with E-state index in [1.807, 2.05) is 4.90 Å². The summed E-state index contributed by atoms with van der Waals surface area (Å²) in [7, 11) is 2.07. The van der Waals surface area contributed by atoms with Crippen molar-refractivity contribution in [1.29, 1.82) is 0 Å². The Balaban J connectivity index is 1.73. The van der Waals surface area contributed by atoms with E-state index >= 15 is 0 Å². The van der Waals surface area contributed by atoms with E-state index < -0.39 is 11.6 Å².